The summed E-state index contributed by atoms with van der Waals surface area (Å²) in [4.78, 5) is 39.5. The van der Waals surface area contributed by atoms with E-state index in [9.17, 15) is 14.7 Å². The van der Waals surface area contributed by atoms with Crippen molar-refractivity contribution in [2.75, 3.05) is 18.4 Å². The van der Waals surface area contributed by atoms with Crippen molar-refractivity contribution >= 4 is 29.2 Å². The molecule has 5 rings (SSSR count). The average Bonchev–Trinajstić information content (AvgIpc) is 3.44. The highest BCUT2D eigenvalue weighted by Crippen LogP contribution is 2.36. The summed E-state index contributed by atoms with van der Waals surface area (Å²) in [5.41, 5.74) is 7.45. The lowest BCUT2D eigenvalue weighted by Gasteiger charge is -2.16. The number of aliphatic hydroxyl groups is 1. The number of nitrogens with zero attached hydrogens (tertiary/aromatic N) is 3. The number of hydrogen-bond acceptors (Lipinski definition) is 5. The number of carbonyl (C=O) groups is 2. The molecule has 1 atom stereocenters. The highest BCUT2D eigenvalue weighted by atomic mass is 16.3. The lowest BCUT2D eigenvalue weighted by molar-refractivity contribution is -0.110. The molecule has 0 spiro atoms. The zero-order valence-corrected chi connectivity index (χ0v) is 18.8. The smallest absolute Gasteiger partial charge is 0.256 e. The van der Waals surface area contributed by atoms with Gasteiger partial charge in [0.2, 0.25) is 0 Å². The molecule has 1 unspecified atom stereocenters. The van der Waals surface area contributed by atoms with Gasteiger partial charge < -0.3 is 20.3 Å². The highest BCUT2D eigenvalue weighted by molar-refractivity contribution is 6.35. The number of rotatable bonds is 3. The molecule has 0 radical (unpaired) electrons. The van der Waals surface area contributed by atoms with Gasteiger partial charge in [-0.1, -0.05) is 0 Å². The Morgan fingerprint density at radius 1 is 1.24 bits per heavy atom. The number of likely N-dealkylation sites (tertiary alicyclic amines) is 1. The Balaban J connectivity index is 1.54. The number of amides is 2. The van der Waals surface area contributed by atoms with Gasteiger partial charge in [0.15, 0.2) is 0 Å². The monoisotopic (exact) mass is 443 g/mol. The molecule has 0 aromatic carbocycles. The summed E-state index contributed by atoms with van der Waals surface area (Å²) in [6.45, 7) is 6.61. The molecule has 1 fully saturated rings. The van der Waals surface area contributed by atoms with Crippen LogP contribution in [0.2, 0.25) is 0 Å². The SMILES string of the molecule is Cc1ccncc1-c1cc2c(cn1)NC(=O)C2=Cc1[nH]c(C)c(C(=O)N2CCC(O)C2)c1C. The molecular weight excluding hydrogens is 418 g/mol. The topological polar surface area (TPSA) is 111 Å². The van der Waals surface area contributed by atoms with Crippen LogP contribution in [0.15, 0.2) is 30.7 Å². The van der Waals surface area contributed by atoms with Gasteiger partial charge in [0.25, 0.3) is 11.8 Å². The van der Waals surface area contributed by atoms with Gasteiger partial charge >= 0.3 is 0 Å². The van der Waals surface area contributed by atoms with Crippen LogP contribution < -0.4 is 5.32 Å². The summed E-state index contributed by atoms with van der Waals surface area (Å²) in [6.07, 6.45) is 7.08. The Kier molecular flexibility index (Phi) is 5.09. The maximum absolute atomic E-state index is 13.1. The van der Waals surface area contributed by atoms with Gasteiger partial charge in [-0.3, -0.25) is 19.6 Å². The van der Waals surface area contributed by atoms with Gasteiger partial charge in [-0.05, 0) is 56.5 Å². The van der Waals surface area contributed by atoms with Crippen LogP contribution in [-0.4, -0.2) is 56.0 Å². The predicted molar refractivity (Wildman–Crippen MR) is 125 cm³/mol. The Morgan fingerprint density at radius 3 is 2.79 bits per heavy atom. The minimum atomic E-state index is -0.472. The largest absolute Gasteiger partial charge is 0.391 e. The summed E-state index contributed by atoms with van der Waals surface area (Å²) in [5, 5.41) is 12.7. The van der Waals surface area contributed by atoms with Gasteiger partial charge in [-0.2, -0.15) is 0 Å². The standard InChI is InChI=1S/C25H25N5O3/c1-13-4-6-26-10-19(13)21-8-17-18(24(32)29-22(17)11-27-21)9-20-14(2)23(15(3)28-20)25(33)30-7-5-16(31)12-30/h4,6,8-11,16,28,31H,5,7,12H2,1-3H3,(H,29,32). The fourth-order valence-electron chi connectivity index (χ4n) is 4.58. The number of hydrogen-bond donors (Lipinski definition) is 3. The van der Waals surface area contributed by atoms with Crippen LogP contribution in [-0.2, 0) is 4.79 Å². The van der Waals surface area contributed by atoms with Crippen molar-refractivity contribution in [3.05, 3.63) is 64.4 Å². The number of anilines is 1. The van der Waals surface area contributed by atoms with Crippen molar-refractivity contribution in [1.29, 1.82) is 0 Å². The molecule has 0 saturated carbocycles. The molecule has 168 valence electrons. The van der Waals surface area contributed by atoms with E-state index in [1.165, 1.54) is 0 Å². The minimum absolute atomic E-state index is 0.0998. The molecule has 0 aliphatic carbocycles. The van der Waals surface area contributed by atoms with Gasteiger partial charge in [-0.25, -0.2) is 0 Å². The Bertz CT molecular complexity index is 1320. The highest BCUT2D eigenvalue weighted by Gasteiger charge is 2.30. The van der Waals surface area contributed by atoms with Crippen LogP contribution in [0.3, 0.4) is 0 Å². The molecule has 8 heteroatoms. The molecule has 5 heterocycles. The van der Waals surface area contributed by atoms with E-state index >= 15 is 0 Å². The van der Waals surface area contributed by atoms with Crippen LogP contribution in [0.5, 0.6) is 0 Å². The number of β-amino-alcohol motifs (C(OH)–C–C–N with tert-alkyl or cyclic N) is 1. The number of aryl methyl sites for hydroxylation is 2. The van der Waals surface area contributed by atoms with Crippen LogP contribution in [0.1, 0.15) is 44.9 Å². The number of pyridine rings is 2. The maximum Gasteiger partial charge on any atom is 0.256 e. The zero-order valence-electron chi connectivity index (χ0n) is 18.8. The van der Waals surface area contributed by atoms with Crippen LogP contribution in [0, 0.1) is 20.8 Å². The van der Waals surface area contributed by atoms with Gasteiger partial charge in [-0.15, -0.1) is 0 Å². The molecule has 8 nitrogen and oxygen atoms in total. The van der Waals surface area contributed by atoms with Crippen LogP contribution >= 0.6 is 0 Å². The first kappa shape index (κ1) is 21.1. The van der Waals surface area contributed by atoms with E-state index in [0.717, 1.165) is 33.6 Å². The Hall–Kier alpha value is -3.78. The number of carbonyl (C=O) groups excluding carboxylic acids is 2. The molecule has 3 aromatic rings. The third-order valence-corrected chi connectivity index (χ3v) is 6.43. The number of aromatic nitrogens is 3. The summed E-state index contributed by atoms with van der Waals surface area (Å²) >= 11 is 0. The first-order valence-electron chi connectivity index (χ1n) is 10.9. The Labute approximate surface area is 191 Å². The van der Waals surface area contributed by atoms with E-state index in [1.54, 1.807) is 29.6 Å². The van der Waals surface area contributed by atoms with Crippen LogP contribution in [0.4, 0.5) is 5.69 Å². The summed E-state index contributed by atoms with van der Waals surface area (Å²) in [7, 11) is 0. The fourth-order valence-corrected chi connectivity index (χ4v) is 4.58. The van der Waals surface area contributed by atoms with E-state index in [-0.39, 0.29) is 11.8 Å². The van der Waals surface area contributed by atoms with Gasteiger partial charge in [0.05, 0.1) is 34.8 Å². The molecule has 2 aliphatic heterocycles. The second-order valence-electron chi connectivity index (χ2n) is 8.68. The van der Waals surface area contributed by atoms with Crippen molar-refractivity contribution in [2.24, 2.45) is 0 Å². The average molecular weight is 444 g/mol. The maximum atomic E-state index is 13.1. The first-order valence-corrected chi connectivity index (χ1v) is 10.9. The van der Waals surface area contributed by atoms with Gasteiger partial charge in [0, 0.05) is 48.0 Å². The molecule has 2 amide bonds. The number of aliphatic hydroxyl groups excluding tert-OH is 1. The molecule has 0 bridgehead atoms. The third kappa shape index (κ3) is 3.62. The quantitative estimate of drug-likeness (QED) is 0.539. The third-order valence-electron chi connectivity index (χ3n) is 6.43. The molecule has 3 aromatic heterocycles. The Morgan fingerprint density at radius 2 is 2.06 bits per heavy atom. The summed E-state index contributed by atoms with van der Waals surface area (Å²) in [6, 6.07) is 3.82. The van der Waals surface area contributed by atoms with Crippen molar-refractivity contribution in [3.8, 4) is 11.3 Å². The normalized spacial score (nSPS) is 18.7. The molecular formula is C25H25N5O3. The van der Waals surface area contributed by atoms with Crippen LogP contribution in [0.25, 0.3) is 22.9 Å². The summed E-state index contributed by atoms with van der Waals surface area (Å²) < 4.78 is 0. The molecule has 33 heavy (non-hydrogen) atoms. The van der Waals surface area contributed by atoms with E-state index in [0.29, 0.717) is 42.0 Å². The molecule has 2 aliphatic rings. The van der Waals surface area contributed by atoms with Crippen molar-refractivity contribution in [3.63, 3.8) is 0 Å². The summed E-state index contributed by atoms with van der Waals surface area (Å²) in [5.74, 6) is -0.314. The van der Waals surface area contributed by atoms with E-state index in [1.807, 2.05) is 32.9 Å². The second-order valence-corrected chi connectivity index (χ2v) is 8.68. The van der Waals surface area contributed by atoms with Crippen molar-refractivity contribution in [1.82, 2.24) is 19.9 Å². The van der Waals surface area contributed by atoms with E-state index in [4.69, 9.17) is 0 Å². The number of H-pyrrole nitrogens is 1. The van der Waals surface area contributed by atoms with E-state index < -0.39 is 6.10 Å². The van der Waals surface area contributed by atoms with Crippen molar-refractivity contribution in [2.45, 2.75) is 33.3 Å². The van der Waals surface area contributed by atoms with Crippen molar-refractivity contribution < 1.29 is 14.7 Å². The predicted octanol–water partition coefficient (Wildman–Crippen LogP) is 3.10. The minimum Gasteiger partial charge on any atom is -0.391 e. The fraction of sp³-hybridized carbons (Fsp3) is 0.280. The number of aromatic amines is 1. The second kappa shape index (κ2) is 7.97. The zero-order chi connectivity index (χ0) is 23.3. The molecule has 3 N–H and O–H groups in total. The first-order chi connectivity index (χ1) is 15.8. The lowest BCUT2D eigenvalue weighted by atomic mass is 10.0. The van der Waals surface area contributed by atoms with Gasteiger partial charge in [0.1, 0.15) is 0 Å². The number of fused-ring (bicyclic) bond motifs is 1. The number of nitrogens with one attached hydrogen (secondary N) is 2. The molecule has 1 saturated heterocycles. The lowest BCUT2D eigenvalue weighted by Crippen LogP contribution is -2.30. The van der Waals surface area contributed by atoms with E-state index in [2.05, 4.69) is 20.3 Å².